The summed E-state index contributed by atoms with van der Waals surface area (Å²) >= 11 is 5.89. The lowest BCUT2D eigenvalue weighted by atomic mass is 10.2. The van der Waals surface area contributed by atoms with Crippen molar-refractivity contribution < 1.29 is 9.53 Å². The minimum atomic E-state index is -0.194. The van der Waals surface area contributed by atoms with Gasteiger partial charge in [-0.25, -0.2) is 4.79 Å². The van der Waals surface area contributed by atoms with Crippen LogP contribution in [0, 0.1) is 0 Å². The van der Waals surface area contributed by atoms with Crippen molar-refractivity contribution in [3.8, 4) is 5.75 Å². The van der Waals surface area contributed by atoms with Gasteiger partial charge < -0.3 is 15.0 Å². The van der Waals surface area contributed by atoms with Gasteiger partial charge in [-0.1, -0.05) is 29.8 Å². The fourth-order valence-electron chi connectivity index (χ4n) is 1.90. The number of benzene rings is 2. The average molecular weight is 305 g/mol. The zero-order valence-corrected chi connectivity index (χ0v) is 12.7. The van der Waals surface area contributed by atoms with E-state index in [2.05, 4.69) is 5.32 Å². The van der Waals surface area contributed by atoms with E-state index in [9.17, 15) is 4.79 Å². The highest BCUT2D eigenvalue weighted by molar-refractivity contribution is 6.30. The maximum Gasteiger partial charge on any atom is 0.321 e. The fraction of sp³-hybridized carbons (Fsp3) is 0.188. The molecular formula is C16H17ClN2O2. The van der Waals surface area contributed by atoms with E-state index in [-0.39, 0.29) is 6.03 Å². The molecule has 0 aliphatic rings. The average Bonchev–Trinajstić information content (AvgIpc) is 2.47. The summed E-state index contributed by atoms with van der Waals surface area (Å²) in [5.74, 6) is 0.774. The number of halogens is 1. The van der Waals surface area contributed by atoms with Crippen LogP contribution in [0.5, 0.6) is 5.75 Å². The van der Waals surface area contributed by atoms with Crippen molar-refractivity contribution in [1.82, 2.24) is 4.90 Å². The van der Waals surface area contributed by atoms with E-state index >= 15 is 0 Å². The molecule has 2 rings (SSSR count). The number of carbonyl (C=O) groups excluding carboxylic acids is 1. The zero-order chi connectivity index (χ0) is 15.2. The third kappa shape index (κ3) is 4.39. The van der Waals surface area contributed by atoms with Gasteiger partial charge in [0.05, 0.1) is 7.11 Å². The van der Waals surface area contributed by atoms with E-state index in [0.29, 0.717) is 17.3 Å². The predicted octanol–water partition coefficient (Wildman–Crippen LogP) is 4.01. The van der Waals surface area contributed by atoms with E-state index in [1.165, 1.54) is 0 Å². The summed E-state index contributed by atoms with van der Waals surface area (Å²) in [5, 5.41) is 3.39. The van der Waals surface area contributed by atoms with Crippen molar-refractivity contribution >= 4 is 23.3 Å². The summed E-state index contributed by atoms with van der Waals surface area (Å²) in [4.78, 5) is 13.7. The molecule has 21 heavy (non-hydrogen) atoms. The van der Waals surface area contributed by atoms with E-state index in [1.807, 2.05) is 24.3 Å². The van der Waals surface area contributed by atoms with Gasteiger partial charge >= 0.3 is 6.03 Å². The van der Waals surface area contributed by atoms with Crippen LogP contribution in [-0.4, -0.2) is 25.1 Å². The van der Waals surface area contributed by atoms with Crippen molar-refractivity contribution in [2.24, 2.45) is 0 Å². The number of ether oxygens (including phenoxy) is 1. The highest BCUT2D eigenvalue weighted by atomic mass is 35.5. The Hall–Kier alpha value is -2.20. The molecule has 0 radical (unpaired) electrons. The molecule has 0 aliphatic carbocycles. The van der Waals surface area contributed by atoms with Crippen LogP contribution in [0.2, 0.25) is 5.02 Å². The molecule has 0 heterocycles. The smallest absolute Gasteiger partial charge is 0.321 e. The molecule has 0 atom stereocenters. The van der Waals surface area contributed by atoms with Crippen LogP contribution in [-0.2, 0) is 6.54 Å². The maximum atomic E-state index is 12.1. The van der Waals surface area contributed by atoms with Crippen molar-refractivity contribution in [2.45, 2.75) is 6.54 Å². The summed E-state index contributed by atoms with van der Waals surface area (Å²) in [6.45, 7) is 0.490. The Morgan fingerprint density at radius 3 is 2.71 bits per heavy atom. The maximum absolute atomic E-state index is 12.1. The number of anilines is 1. The SMILES string of the molecule is COc1cccc(CN(C)C(=O)Nc2cccc(Cl)c2)c1. The quantitative estimate of drug-likeness (QED) is 0.927. The molecule has 0 bridgehead atoms. The fourth-order valence-corrected chi connectivity index (χ4v) is 2.09. The number of amides is 2. The monoisotopic (exact) mass is 304 g/mol. The molecule has 2 aromatic carbocycles. The van der Waals surface area contributed by atoms with Gasteiger partial charge in [-0.05, 0) is 35.9 Å². The largest absolute Gasteiger partial charge is 0.497 e. The van der Waals surface area contributed by atoms with E-state index < -0.39 is 0 Å². The van der Waals surface area contributed by atoms with Gasteiger partial charge in [0.25, 0.3) is 0 Å². The molecule has 0 aromatic heterocycles. The third-order valence-electron chi connectivity index (χ3n) is 2.98. The Kier molecular flexibility index (Phi) is 5.06. The second-order valence-electron chi connectivity index (χ2n) is 4.65. The molecule has 0 aliphatic heterocycles. The van der Waals surface area contributed by atoms with E-state index in [1.54, 1.807) is 43.3 Å². The Morgan fingerprint density at radius 2 is 2.00 bits per heavy atom. The van der Waals surface area contributed by atoms with E-state index in [0.717, 1.165) is 11.3 Å². The number of nitrogens with one attached hydrogen (secondary N) is 1. The summed E-state index contributed by atoms with van der Waals surface area (Å²) < 4.78 is 5.17. The second-order valence-corrected chi connectivity index (χ2v) is 5.08. The van der Waals surface area contributed by atoms with E-state index in [4.69, 9.17) is 16.3 Å². The molecule has 5 heteroatoms. The molecule has 1 N–H and O–H groups in total. The predicted molar refractivity (Wildman–Crippen MR) is 84.9 cm³/mol. The molecule has 2 aromatic rings. The van der Waals surface area contributed by atoms with Gasteiger partial charge in [-0.3, -0.25) is 0 Å². The Labute approximate surface area is 129 Å². The van der Waals surface area contributed by atoms with Gasteiger partial charge in [-0.2, -0.15) is 0 Å². The molecular weight excluding hydrogens is 288 g/mol. The van der Waals surface area contributed by atoms with Gasteiger partial charge in [-0.15, -0.1) is 0 Å². The molecule has 0 unspecified atom stereocenters. The Morgan fingerprint density at radius 1 is 1.24 bits per heavy atom. The number of hydrogen-bond acceptors (Lipinski definition) is 2. The molecule has 2 amide bonds. The summed E-state index contributed by atoms with van der Waals surface area (Å²) in [6.07, 6.45) is 0. The number of urea groups is 1. The van der Waals surface area contributed by atoms with Crippen LogP contribution >= 0.6 is 11.6 Å². The topological polar surface area (TPSA) is 41.6 Å². The first-order chi connectivity index (χ1) is 10.1. The van der Waals surface area contributed by atoms with Gasteiger partial charge in [0, 0.05) is 24.3 Å². The number of rotatable bonds is 4. The molecule has 0 saturated heterocycles. The highest BCUT2D eigenvalue weighted by Gasteiger charge is 2.10. The third-order valence-corrected chi connectivity index (χ3v) is 3.21. The van der Waals surface area contributed by atoms with Crippen molar-refractivity contribution in [2.75, 3.05) is 19.5 Å². The Balaban J connectivity index is 1.99. The standard InChI is InChI=1S/C16H17ClN2O2/c1-19(11-12-5-3-8-15(9-12)21-2)16(20)18-14-7-4-6-13(17)10-14/h3-10H,11H2,1-2H3,(H,18,20). The van der Waals surface area contributed by atoms with Gasteiger partial charge in [0.2, 0.25) is 0 Å². The number of nitrogens with zero attached hydrogens (tertiary/aromatic N) is 1. The molecule has 0 saturated carbocycles. The minimum Gasteiger partial charge on any atom is -0.497 e. The first-order valence-electron chi connectivity index (χ1n) is 6.49. The van der Waals surface area contributed by atoms with Crippen LogP contribution in [0.25, 0.3) is 0 Å². The van der Waals surface area contributed by atoms with Gasteiger partial charge in [0.15, 0.2) is 0 Å². The lowest BCUT2D eigenvalue weighted by Crippen LogP contribution is -2.30. The molecule has 110 valence electrons. The van der Waals surface area contributed by atoms with Gasteiger partial charge in [0.1, 0.15) is 5.75 Å². The molecule has 0 fully saturated rings. The number of methoxy groups -OCH3 is 1. The summed E-state index contributed by atoms with van der Waals surface area (Å²) in [5.41, 5.74) is 1.67. The van der Waals surface area contributed by atoms with Crippen LogP contribution in [0.1, 0.15) is 5.56 Å². The number of carbonyl (C=O) groups is 1. The molecule has 0 spiro atoms. The Bertz CT molecular complexity index is 631. The zero-order valence-electron chi connectivity index (χ0n) is 12.0. The normalized spacial score (nSPS) is 10.0. The van der Waals surface area contributed by atoms with Crippen LogP contribution in [0.4, 0.5) is 10.5 Å². The first kappa shape index (κ1) is 15.2. The summed E-state index contributed by atoms with van der Waals surface area (Å²) in [7, 11) is 3.36. The second kappa shape index (κ2) is 6.99. The minimum absolute atomic E-state index is 0.194. The summed E-state index contributed by atoms with van der Waals surface area (Å²) in [6, 6.07) is 14.5. The lowest BCUT2D eigenvalue weighted by Gasteiger charge is -2.18. The highest BCUT2D eigenvalue weighted by Crippen LogP contribution is 2.17. The number of hydrogen-bond donors (Lipinski definition) is 1. The lowest BCUT2D eigenvalue weighted by molar-refractivity contribution is 0.220. The van der Waals surface area contributed by atoms with Crippen molar-refractivity contribution in [3.05, 3.63) is 59.1 Å². The molecule has 4 nitrogen and oxygen atoms in total. The van der Waals surface area contributed by atoms with Crippen LogP contribution in [0.3, 0.4) is 0 Å². The van der Waals surface area contributed by atoms with Crippen molar-refractivity contribution in [3.63, 3.8) is 0 Å². The first-order valence-corrected chi connectivity index (χ1v) is 6.87. The van der Waals surface area contributed by atoms with Crippen molar-refractivity contribution in [1.29, 1.82) is 0 Å². The van der Waals surface area contributed by atoms with Crippen LogP contribution < -0.4 is 10.1 Å². The van der Waals surface area contributed by atoms with Crippen LogP contribution in [0.15, 0.2) is 48.5 Å².